The average molecular weight is 677 g/mol. The van der Waals surface area contributed by atoms with E-state index < -0.39 is 24.0 Å². The molecule has 0 fully saturated rings. The molecule has 0 saturated carbocycles. The molecule has 12 nitrogen and oxygen atoms in total. The lowest BCUT2D eigenvalue weighted by Crippen LogP contribution is -2.50. The fourth-order valence-electron chi connectivity index (χ4n) is 5.45. The van der Waals surface area contributed by atoms with Crippen LogP contribution in [0.25, 0.3) is 0 Å². The fraction of sp³-hybridized carbons (Fsp3) is 0.389. The summed E-state index contributed by atoms with van der Waals surface area (Å²) in [7, 11) is 1.60. The van der Waals surface area contributed by atoms with Crippen LogP contribution in [0.2, 0.25) is 0 Å². The van der Waals surface area contributed by atoms with Crippen molar-refractivity contribution in [3.63, 3.8) is 0 Å². The lowest BCUT2D eigenvalue weighted by molar-refractivity contribution is -0.116. The summed E-state index contributed by atoms with van der Waals surface area (Å²) in [6, 6.07) is 16.4. The zero-order valence-electron chi connectivity index (χ0n) is 28.1. The Morgan fingerprint density at radius 3 is 2.24 bits per heavy atom. The first kappa shape index (κ1) is 36.7. The van der Waals surface area contributed by atoms with E-state index >= 15 is 0 Å². The molecule has 0 unspecified atom stereocenters. The topological polar surface area (TPSA) is 166 Å². The molecule has 1 heterocycles. The van der Waals surface area contributed by atoms with Crippen LogP contribution in [-0.2, 0) is 9.59 Å². The van der Waals surface area contributed by atoms with E-state index in [0.29, 0.717) is 42.0 Å². The van der Waals surface area contributed by atoms with Gasteiger partial charge in [0.15, 0.2) is 5.75 Å². The summed E-state index contributed by atoms with van der Waals surface area (Å²) in [4.78, 5) is 55.2. The molecular weight excluding hydrogens is 631 g/mol. The number of anilines is 4. The maximum Gasteiger partial charge on any atom is 0.321 e. The Bertz CT molecular complexity index is 1620. The Labute approximate surface area is 285 Å². The number of aliphatic hydroxyl groups is 1. The van der Waals surface area contributed by atoms with Gasteiger partial charge in [-0.05, 0) is 68.3 Å². The molecule has 3 atom stereocenters. The van der Waals surface area contributed by atoms with Crippen LogP contribution in [0.15, 0.2) is 66.7 Å². The van der Waals surface area contributed by atoms with Crippen LogP contribution in [0.4, 0.5) is 31.9 Å². The zero-order valence-corrected chi connectivity index (χ0v) is 28.1. The molecule has 3 aromatic rings. The fourth-order valence-corrected chi connectivity index (χ4v) is 5.45. The molecule has 0 bridgehead atoms. The van der Waals surface area contributed by atoms with E-state index in [1.165, 1.54) is 29.2 Å². The molecular formula is C36H45FN6O6. The van der Waals surface area contributed by atoms with E-state index in [4.69, 9.17) is 10.5 Å². The van der Waals surface area contributed by atoms with Crippen LogP contribution in [0.1, 0.15) is 56.3 Å². The number of unbranched alkanes of at least 4 members (excludes halogenated alkanes) is 2. The van der Waals surface area contributed by atoms with Gasteiger partial charge in [-0.3, -0.25) is 14.4 Å². The largest absolute Gasteiger partial charge is 0.485 e. The quantitative estimate of drug-likeness (QED) is 0.121. The number of rotatable bonds is 13. The summed E-state index contributed by atoms with van der Waals surface area (Å²) < 4.78 is 19.8. The number of urea groups is 1. The highest BCUT2D eigenvalue weighted by atomic mass is 19.1. The van der Waals surface area contributed by atoms with Crippen molar-refractivity contribution >= 4 is 46.5 Å². The number of hydrogen-bond acceptors (Lipinski definition) is 7. The lowest BCUT2D eigenvalue weighted by atomic mass is 9.99. The van der Waals surface area contributed by atoms with E-state index in [0.717, 1.165) is 0 Å². The Morgan fingerprint density at radius 2 is 1.59 bits per heavy atom. The highest BCUT2D eigenvalue weighted by Gasteiger charge is 2.35. The van der Waals surface area contributed by atoms with Crippen molar-refractivity contribution in [3.8, 4) is 5.75 Å². The lowest BCUT2D eigenvalue weighted by Gasteiger charge is -2.38. The molecule has 0 aromatic heterocycles. The number of benzene rings is 3. The van der Waals surface area contributed by atoms with Gasteiger partial charge >= 0.3 is 6.03 Å². The highest BCUT2D eigenvalue weighted by Crippen LogP contribution is 2.35. The molecule has 1 aliphatic heterocycles. The third-order valence-corrected chi connectivity index (χ3v) is 8.40. The van der Waals surface area contributed by atoms with Gasteiger partial charge in [0.05, 0.1) is 41.8 Å². The predicted molar refractivity (Wildman–Crippen MR) is 187 cm³/mol. The van der Waals surface area contributed by atoms with E-state index in [2.05, 4.69) is 16.0 Å². The first-order valence-electron chi connectivity index (χ1n) is 16.4. The van der Waals surface area contributed by atoms with Crippen molar-refractivity contribution in [2.75, 3.05) is 48.4 Å². The van der Waals surface area contributed by atoms with E-state index in [-0.39, 0.29) is 67.5 Å². The van der Waals surface area contributed by atoms with Gasteiger partial charge in [-0.15, -0.1) is 0 Å². The summed E-state index contributed by atoms with van der Waals surface area (Å²) in [6.45, 7) is 3.76. The van der Waals surface area contributed by atoms with Crippen molar-refractivity contribution in [1.29, 1.82) is 0 Å². The monoisotopic (exact) mass is 676 g/mol. The molecule has 0 saturated heterocycles. The molecule has 6 N–H and O–H groups in total. The molecule has 4 rings (SSSR count). The maximum absolute atomic E-state index is 13.8. The standard InChI is InChI=1S/C36H45FN6O6/c1-23-20-43(24(2)22-44)35(47)27-10-9-13-30(34(27)49-31(23)21-42(3)36(48)39-26-18-16-25(37)17-19-26)41-33(46)15-6-4-5-14-32(45)40-29-12-8-7-11-28(29)38/h7-13,16-19,23-24,31,44H,4-6,14-15,20-22,38H2,1-3H3,(H,39,48)(H,40,45)(H,41,46)/t23-,24-,31+/m1/s1. The van der Waals surface area contributed by atoms with Crippen LogP contribution in [0.5, 0.6) is 5.75 Å². The second-order valence-electron chi connectivity index (χ2n) is 12.4. The molecule has 3 aromatic carbocycles. The maximum atomic E-state index is 13.8. The number of nitrogens with two attached hydrogens (primary N) is 1. The number of aliphatic hydroxyl groups excluding tert-OH is 1. The number of nitrogens with one attached hydrogen (secondary N) is 3. The second kappa shape index (κ2) is 17.3. The number of halogens is 1. The minimum atomic E-state index is -0.611. The number of para-hydroxylation sites is 3. The Morgan fingerprint density at radius 1 is 0.959 bits per heavy atom. The molecule has 49 heavy (non-hydrogen) atoms. The van der Waals surface area contributed by atoms with E-state index in [9.17, 15) is 28.7 Å². The molecule has 0 aliphatic carbocycles. The summed E-state index contributed by atoms with van der Waals surface area (Å²) >= 11 is 0. The first-order valence-corrected chi connectivity index (χ1v) is 16.4. The van der Waals surface area contributed by atoms with Crippen LogP contribution in [0, 0.1) is 11.7 Å². The molecule has 13 heteroatoms. The van der Waals surface area contributed by atoms with E-state index in [1.807, 2.05) is 6.92 Å². The van der Waals surface area contributed by atoms with Gasteiger partial charge in [0.1, 0.15) is 11.9 Å². The van der Waals surface area contributed by atoms with Crippen LogP contribution >= 0.6 is 0 Å². The summed E-state index contributed by atoms with van der Waals surface area (Å²) in [5, 5.41) is 18.4. The molecule has 5 amide bonds. The van der Waals surface area contributed by atoms with Gasteiger partial charge < -0.3 is 41.3 Å². The summed E-state index contributed by atoms with van der Waals surface area (Å²) in [6.07, 6.45) is 1.63. The number of carbonyl (C=O) groups is 4. The van der Waals surface area contributed by atoms with Crippen LogP contribution in [-0.4, -0.2) is 77.5 Å². The van der Waals surface area contributed by atoms with Crippen LogP contribution in [0.3, 0.4) is 0 Å². The molecule has 262 valence electrons. The van der Waals surface area contributed by atoms with Crippen molar-refractivity contribution in [2.24, 2.45) is 5.92 Å². The number of carbonyl (C=O) groups excluding carboxylic acids is 4. The molecule has 1 aliphatic rings. The number of likely N-dealkylation sites (N-methyl/N-ethyl adjacent to an activating group) is 1. The van der Waals surface area contributed by atoms with Gasteiger partial charge in [-0.1, -0.05) is 31.5 Å². The third-order valence-electron chi connectivity index (χ3n) is 8.40. The highest BCUT2D eigenvalue weighted by molar-refractivity contribution is 6.01. The Hall–Kier alpha value is -5.17. The van der Waals surface area contributed by atoms with Crippen molar-refractivity contribution < 1.29 is 33.4 Å². The van der Waals surface area contributed by atoms with Gasteiger partial charge in [-0.2, -0.15) is 0 Å². The van der Waals surface area contributed by atoms with E-state index in [1.54, 1.807) is 61.3 Å². The number of nitrogens with zero attached hydrogens (tertiary/aromatic N) is 2. The molecule has 0 radical (unpaired) electrons. The Kier molecular flexibility index (Phi) is 12.9. The summed E-state index contributed by atoms with van der Waals surface area (Å²) in [5.41, 5.74) is 7.90. The van der Waals surface area contributed by atoms with Crippen molar-refractivity contribution in [3.05, 3.63) is 78.1 Å². The average Bonchev–Trinajstić information content (AvgIpc) is 3.08. The van der Waals surface area contributed by atoms with Crippen molar-refractivity contribution in [2.45, 2.75) is 58.1 Å². The first-order chi connectivity index (χ1) is 23.5. The van der Waals surface area contributed by atoms with Gasteiger partial charge in [0, 0.05) is 38.0 Å². The summed E-state index contributed by atoms with van der Waals surface area (Å²) in [5.74, 6) is -1.32. The predicted octanol–water partition coefficient (Wildman–Crippen LogP) is 5.32. The number of fused-ring (bicyclic) bond motifs is 1. The van der Waals surface area contributed by atoms with Gasteiger partial charge in [0.2, 0.25) is 11.8 Å². The molecule has 0 spiro atoms. The number of ether oxygens (including phenoxy) is 1. The zero-order chi connectivity index (χ0) is 35.5. The number of nitrogen functional groups attached to an aromatic ring is 1. The normalized spacial score (nSPS) is 16.3. The minimum absolute atomic E-state index is 0.121. The SMILES string of the molecule is C[C@@H]1CN([C@H](C)CO)C(=O)c2cccc(NC(=O)CCCCCC(=O)Nc3ccccc3N)c2O[C@H]1CN(C)C(=O)Nc1ccc(F)cc1. The van der Waals surface area contributed by atoms with Gasteiger partial charge in [0.25, 0.3) is 5.91 Å². The third kappa shape index (κ3) is 10.2. The number of amides is 5. The van der Waals surface area contributed by atoms with Gasteiger partial charge in [-0.25, -0.2) is 9.18 Å². The second-order valence-corrected chi connectivity index (χ2v) is 12.4. The Balaban J connectivity index is 1.42. The smallest absolute Gasteiger partial charge is 0.321 e. The number of hydrogen-bond donors (Lipinski definition) is 5. The minimum Gasteiger partial charge on any atom is -0.485 e. The van der Waals surface area contributed by atoms with Crippen molar-refractivity contribution in [1.82, 2.24) is 9.80 Å². The van der Waals surface area contributed by atoms with Crippen LogP contribution < -0.4 is 26.4 Å².